The van der Waals surface area contributed by atoms with Gasteiger partial charge in [-0.05, 0) is 70.0 Å². The molecule has 0 saturated heterocycles. The largest absolute Gasteiger partial charge is 0.459 e. The minimum Gasteiger partial charge on any atom is -0.459 e. The van der Waals surface area contributed by atoms with Gasteiger partial charge in [0.05, 0.1) is 27.9 Å². The van der Waals surface area contributed by atoms with Crippen molar-refractivity contribution in [3.05, 3.63) is 137 Å². The molecule has 0 fully saturated rings. The highest BCUT2D eigenvalue weighted by atomic mass is 35.5. The van der Waals surface area contributed by atoms with Crippen LogP contribution >= 0.6 is 22.9 Å². The van der Waals surface area contributed by atoms with Crippen molar-refractivity contribution >= 4 is 45.9 Å². The fourth-order valence-electron chi connectivity index (χ4n) is 5.79. The lowest BCUT2D eigenvalue weighted by Crippen LogP contribution is -2.40. The number of carbonyl (C=O) groups is 1. The van der Waals surface area contributed by atoms with Crippen LogP contribution in [0.15, 0.2) is 93.9 Å². The van der Waals surface area contributed by atoms with E-state index < -0.39 is 12.0 Å². The van der Waals surface area contributed by atoms with Crippen molar-refractivity contribution in [2.24, 2.45) is 4.99 Å². The molecule has 2 aromatic heterocycles. The Bertz CT molecular complexity index is 2100. The quantitative estimate of drug-likeness (QED) is 0.208. The molecule has 1 aliphatic heterocycles. The van der Waals surface area contributed by atoms with Gasteiger partial charge in [-0.2, -0.15) is 0 Å². The highest BCUT2D eigenvalue weighted by molar-refractivity contribution is 7.07. The minimum atomic E-state index is -0.689. The molecule has 0 N–H and O–H groups in total. The second-order valence-electron chi connectivity index (χ2n) is 11.2. The number of fused-ring (bicyclic) bond motifs is 2. The van der Waals surface area contributed by atoms with Gasteiger partial charge in [-0.3, -0.25) is 9.36 Å². The van der Waals surface area contributed by atoms with E-state index in [0.29, 0.717) is 25.6 Å². The summed E-state index contributed by atoms with van der Waals surface area (Å²) in [7, 11) is 0. The van der Waals surface area contributed by atoms with Crippen molar-refractivity contribution in [1.82, 2.24) is 9.13 Å². The van der Waals surface area contributed by atoms with Crippen LogP contribution in [-0.2, 0) is 16.1 Å². The molecule has 0 spiro atoms. The van der Waals surface area contributed by atoms with Crippen LogP contribution in [0.25, 0.3) is 17.0 Å². The Labute approximate surface area is 258 Å². The third-order valence-electron chi connectivity index (χ3n) is 7.75. The highest BCUT2D eigenvalue weighted by Gasteiger charge is 2.33. The molecule has 43 heavy (non-hydrogen) atoms. The molecule has 3 heterocycles. The number of ether oxygens (including phenoxy) is 1. The number of thiazole rings is 1. The number of rotatable bonds is 6. The molecule has 0 bridgehead atoms. The Morgan fingerprint density at radius 1 is 1.05 bits per heavy atom. The first-order valence-corrected chi connectivity index (χ1v) is 15.4. The van der Waals surface area contributed by atoms with Gasteiger partial charge < -0.3 is 9.30 Å². The SMILES string of the molecule is CC1=C(C(=O)OC(C)C)C(c2ccc(Cl)cc2)n2c(sc(=Cc3c(C)n(Cc4cccc(C)c4)c4ccccc34)c2=O)=N1. The van der Waals surface area contributed by atoms with E-state index in [-0.39, 0.29) is 11.7 Å². The Hall–Kier alpha value is -4.20. The first kappa shape index (κ1) is 28.9. The number of carbonyl (C=O) groups excluding carboxylic acids is 1. The van der Waals surface area contributed by atoms with Gasteiger partial charge in [0.1, 0.15) is 0 Å². The maximum absolute atomic E-state index is 14.2. The van der Waals surface area contributed by atoms with Crippen LogP contribution in [-0.4, -0.2) is 21.2 Å². The van der Waals surface area contributed by atoms with Crippen molar-refractivity contribution in [3.8, 4) is 0 Å². The van der Waals surface area contributed by atoms with Crippen molar-refractivity contribution < 1.29 is 9.53 Å². The number of allylic oxidation sites excluding steroid dienone is 1. The number of halogens is 1. The van der Waals surface area contributed by atoms with Crippen molar-refractivity contribution in [2.75, 3.05) is 0 Å². The number of esters is 1. The molecule has 1 atom stereocenters. The average Bonchev–Trinajstić information content (AvgIpc) is 3.41. The van der Waals surface area contributed by atoms with Gasteiger partial charge in [-0.25, -0.2) is 9.79 Å². The summed E-state index contributed by atoms with van der Waals surface area (Å²) in [5.41, 5.74) is 7.03. The number of aryl methyl sites for hydroxylation is 1. The molecule has 0 radical (unpaired) electrons. The summed E-state index contributed by atoms with van der Waals surface area (Å²) in [6.45, 7) is 10.3. The summed E-state index contributed by atoms with van der Waals surface area (Å²) in [5, 5.41) is 1.64. The topological polar surface area (TPSA) is 65.6 Å². The van der Waals surface area contributed by atoms with Crippen molar-refractivity contribution in [3.63, 3.8) is 0 Å². The lowest BCUT2D eigenvalue weighted by atomic mass is 9.96. The third kappa shape index (κ3) is 5.39. The van der Waals surface area contributed by atoms with Crippen LogP contribution in [0.3, 0.4) is 0 Å². The summed E-state index contributed by atoms with van der Waals surface area (Å²) in [6, 6.07) is 23.3. The average molecular weight is 610 g/mol. The molecule has 1 aliphatic rings. The molecule has 0 amide bonds. The zero-order valence-electron chi connectivity index (χ0n) is 24.7. The summed E-state index contributed by atoms with van der Waals surface area (Å²) in [6.07, 6.45) is 1.65. The van der Waals surface area contributed by atoms with Crippen LogP contribution < -0.4 is 14.9 Å². The van der Waals surface area contributed by atoms with Gasteiger partial charge in [-0.1, -0.05) is 83.1 Å². The Kier molecular flexibility index (Phi) is 7.71. The molecule has 5 aromatic rings. The van der Waals surface area contributed by atoms with Gasteiger partial charge in [0.25, 0.3) is 5.56 Å². The second-order valence-corrected chi connectivity index (χ2v) is 12.6. The van der Waals surface area contributed by atoms with Gasteiger partial charge in [-0.15, -0.1) is 0 Å². The number of hydrogen-bond acceptors (Lipinski definition) is 5. The van der Waals surface area contributed by atoms with Gasteiger partial charge in [0.2, 0.25) is 0 Å². The predicted molar refractivity (Wildman–Crippen MR) is 173 cm³/mol. The molecule has 1 unspecified atom stereocenters. The smallest absolute Gasteiger partial charge is 0.338 e. The summed E-state index contributed by atoms with van der Waals surface area (Å²) in [5.74, 6) is -0.486. The predicted octanol–water partition coefficient (Wildman–Crippen LogP) is 6.46. The Morgan fingerprint density at radius 2 is 1.79 bits per heavy atom. The number of para-hydroxylation sites is 1. The second kappa shape index (κ2) is 11.5. The van der Waals surface area contributed by atoms with E-state index >= 15 is 0 Å². The number of hydrogen-bond donors (Lipinski definition) is 0. The number of nitrogens with zero attached hydrogens (tertiary/aromatic N) is 3. The maximum Gasteiger partial charge on any atom is 0.338 e. The number of benzene rings is 3. The summed E-state index contributed by atoms with van der Waals surface area (Å²) in [4.78, 5) is 32.9. The van der Waals surface area contributed by atoms with Crippen LogP contribution in [0.5, 0.6) is 0 Å². The fraction of sp³-hybridized carbons (Fsp3) is 0.229. The molecule has 8 heteroatoms. The molecule has 218 valence electrons. The van der Waals surface area contributed by atoms with Crippen LogP contribution in [0, 0.1) is 13.8 Å². The molecule has 3 aromatic carbocycles. The first-order chi connectivity index (χ1) is 20.6. The molecule has 0 aliphatic carbocycles. The normalized spacial score (nSPS) is 15.2. The zero-order chi connectivity index (χ0) is 30.4. The van der Waals surface area contributed by atoms with Crippen molar-refractivity contribution in [1.29, 1.82) is 0 Å². The molecular weight excluding hydrogens is 578 g/mol. The molecular formula is C35H32ClN3O3S. The minimum absolute atomic E-state index is 0.207. The zero-order valence-corrected chi connectivity index (χ0v) is 26.3. The van der Waals surface area contributed by atoms with Crippen molar-refractivity contribution in [2.45, 2.75) is 53.3 Å². The van der Waals surface area contributed by atoms with Crippen LogP contribution in [0.1, 0.15) is 54.8 Å². The van der Waals surface area contributed by atoms with E-state index in [1.165, 1.54) is 22.5 Å². The maximum atomic E-state index is 14.2. The standard InChI is InChI=1S/C35H32ClN3O3S/c1-20(2)42-34(41)31-22(4)37-35-39(32(31)25-13-15-26(36)16-14-25)33(40)30(43-35)18-28-23(5)38(29-12-7-6-11-27(28)29)19-24-10-8-9-21(3)17-24/h6-18,20,32H,19H2,1-5H3. The monoisotopic (exact) mass is 609 g/mol. The van der Waals surface area contributed by atoms with E-state index in [9.17, 15) is 9.59 Å². The van der Waals surface area contributed by atoms with Crippen LogP contribution in [0.2, 0.25) is 5.02 Å². The first-order valence-electron chi connectivity index (χ1n) is 14.2. The van der Waals surface area contributed by atoms with E-state index in [1.54, 1.807) is 37.5 Å². The number of aromatic nitrogens is 2. The van der Waals surface area contributed by atoms with Crippen LogP contribution in [0.4, 0.5) is 0 Å². The fourth-order valence-corrected chi connectivity index (χ4v) is 6.94. The van der Waals surface area contributed by atoms with E-state index in [0.717, 1.165) is 34.3 Å². The molecule has 0 saturated carbocycles. The van der Waals surface area contributed by atoms with E-state index in [4.69, 9.17) is 21.3 Å². The third-order valence-corrected chi connectivity index (χ3v) is 8.98. The molecule has 6 rings (SSSR count). The Balaban J connectivity index is 1.54. The van der Waals surface area contributed by atoms with Gasteiger partial charge in [0, 0.05) is 33.7 Å². The van der Waals surface area contributed by atoms with Gasteiger partial charge >= 0.3 is 5.97 Å². The lowest BCUT2D eigenvalue weighted by molar-refractivity contribution is -0.143. The molecule has 6 nitrogen and oxygen atoms in total. The highest BCUT2D eigenvalue weighted by Crippen LogP contribution is 2.32. The summed E-state index contributed by atoms with van der Waals surface area (Å²) >= 11 is 7.53. The lowest BCUT2D eigenvalue weighted by Gasteiger charge is -2.25. The summed E-state index contributed by atoms with van der Waals surface area (Å²) < 4.78 is 10.1. The Morgan fingerprint density at radius 3 is 2.51 bits per heavy atom. The van der Waals surface area contributed by atoms with E-state index in [1.807, 2.05) is 30.3 Å². The van der Waals surface area contributed by atoms with E-state index in [2.05, 4.69) is 54.8 Å². The van der Waals surface area contributed by atoms with Gasteiger partial charge in [0.15, 0.2) is 4.80 Å².